The molecule has 0 aromatic carbocycles. The van der Waals surface area contributed by atoms with Crippen molar-refractivity contribution in [3.05, 3.63) is 34.2 Å². The minimum Gasteiger partial charge on any atom is -0.425 e. The molecule has 14 heavy (non-hydrogen) atoms. The van der Waals surface area contributed by atoms with E-state index < -0.39 is 0 Å². The number of thiophene rings is 1. The molecule has 2 aromatic rings. The Morgan fingerprint density at radius 2 is 2.21 bits per heavy atom. The first-order chi connectivity index (χ1) is 6.88. The van der Waals surface area contributed by atoms with Gasteiger partial charge in [-0.2, -0.15) is 0 Å². The van der Waals surface area contributed by atoms with Crippen LogP contribution in [0.5, 0.6) is 0 Å². The molecule has 0 amide bonds. The van der Waals surface area contributed by atoms with Gasteiger partial charge in [0.25, 0.3) is 0 Å². The molecule has 5 heteroatoms. The number of nitrogens with zero attached hydrogens (tertiary/aromatic N) is 2. The van der Waals surface area contributed by atoms with Crippen LogP contribution in [0.1, 0.15) is 16.7 Å². The number of aryl methyl sites for hydroxylation is 1. The Bertz CT molecular complexity index is 385. The van der Waals surface area contributed by atoms with Crippen LogP contribution in [0.15, 0.2) is 21.9 Å². The Labute approximate surface area is 90.7 Å². The summed E-state index contributed by atoms with van der Waals surface area (Å²) in [5.41, 5.74) is 0. The lowest BCUT2D eigenvalue weighted by Crippen LogP contribution is -1.84. The molecule has 0 aliphatic heterocycles. The number of hydrogen-bond donors (Lipinski definition) is 0. The minimum absolute atomic E-state index is 0.515. The molecule has 2 rings (SSSR count). The molecule has 0 aliphatic carbocycles. The minimum atomic E-state index is 0.515. The predicted molar refractivity (Wildman–Crippen MR) is 55.8 cm³/mol. The van der Waals surface area contributed by atoms with E-state index in [4.69, 9.17) is 16.0 Å². The van der Waals surface area contributed by atoms with Crippen molar-refractivity contribution in [2.75, 3.05) is 5.88 Å². The predicted octanol–water partition coefficient (Wildman–Crippen LogP) is 2.50. The molecule has 0 atom stereocenters. The third-order valence-electron chi connectivity index (χ3n) is 1.72. The highest BCUT2D eigenvalue weighted by Crippen LogP contribution is 2.14. The van der Waals surface area contributed by atoms with Crippen molar-refractivity contribution < 1.29 is 4.42 Å². The molecular weight excluding hydrogens is 220 g/mol. The molecule has 0 spiro atoms. The van der Waals surface area contributed by atoms with Gasteiger partial charge < -0.3 is 4.42 Å². The van der Waals surface area contributed by atoms with Gasteiger partial charge in [-0.15, -0.1) is 33.1 Å². The second-order valence-corrected chi connectivity index (χ2v) is 4.19. The largest absolute Gasteiger partial charge is 0.425 e. The lowest BCUT2D eigenvalue weighted by atomic mass is 10.3. The molecule has 0 saturated heterocycles. The average molecular weight is 229 g/mol. The highest BCUT2D eigenvalue weighted by molar-refractivity contribution is 7.09. The summed E-state index contributed by atoms with van der Waals surface area (Å²) in [4.78, 5) is 1.23. The summed E-state index contributed by atoms with van der Waals surface area (Å²) >= 11 is 7.25. The summed E-state index contributed by atoms with van der Waals surface area (Å²) < 4.78 is 5.40. The smallest absolute Gasteiger partial charge is 0.221 e. The highest BCUT2D eigenvalue weighted by atomic mass is 35.5. The zero-order valence-electron chi connectivity index (χ0n) is 7.44. The van der Waals surface area contributed by atoms with E-state index in [1.54, 1.807) is 11.3 Å². The summed E-state index contributed by atoms with van der Waals surface area (Å²) in [5, 5.41) is 9.86. The number of aromatic nitrogens is 2. The lowest BCUT2D eigenvalue weighted by molar-refractivity contribution is 0.464. The van der Waals surface area contributed by atoms with Crippen LogP contribution in [0.2, 0.25) is 0 Å². The molecular formula is C9H9ClN2OS. The van der Waals surface area contributed by atoms with Crippen molar-refractivity contribution in [3.63, 3.8) is 0 Å². The molecule has 74 valence electrons. The summed E-state index contributed by atoms with van der Waals surface area (Å²) in [6.07, 6.45) is 1.35. The maximum Gasteiger partial charge on any atom is 0.221 e. The van der Waals surface area contributed by atoms with Crippen molar-refractivity contribution in [2.24, 2.45) is 0 Å². The van der Waals surface area contributed by atoms with Gasteiger partial charge in [0, 0.05) is 17.2 Å². The summed E-state index contributed by atoms with van der Waals surface area (Å²) in [7, 11) is 0. The average Bonchev–Trinajstić information content (AvgIpc) is 2.79. The highest BCUT2D eigenvalue weighted by Gasteiger charge is 2.06. The van der Waals surface area contributed by atoms with Gasteiger partial charge in [0.05, 0.1) is 6.42 Å². The molecule has 0 saturated carbocycles. The van der Waals surface area contributed by atoms with Gasteiger partial charge in [-0.3, -0.25) is 0 Å². The second-order valence-electron chi connectivity index (χ2n) is 2.78. The number of rotatable bonds is 4. The number of halogens is 1. The van der Waals surface area contributed by atoms with Crippen molar-refractivity contribution in [1.82, 2.24) is 10.2 Å². The second kappa shape index (κ2) is 4.57. The topological polar surface area (TPSA) is 38.9 Å². The van der Waals surface area contributed by atoms with Crippen LogP contribution in [0.4, 0.5) is 0 Å². The molecule has 0 radical (unpaired) electrons. The van der Waals surface area contributed by atoms with Gasteiger partial charge in [0.2, 0.25) is 11.8 Å². The Balaban J connectivity index is 2.03. The molecule has 0 N–H and O–H groups in total. The van der Waals surface area contributed by atoms with Crippen molar-refractivity contribution in [3.8, 4) is 0 Å². The first-order valence-electron chi connectivity index (χ1n) is 4.28. The normalized spacial score (nSPS) is 10.6. The van der Waals surface area contributed by atoms with Crippen LogP contribution >= 0.6 is 22.9 Å². The SMILES string of the molecule is ClCCc1nnc(Cc2cccs2)o1. The van der Waals surface area contributed by atoms with Crippen molar-refractivity contribution in [2.45, 2.75) is 12.8 Å². The van der Waals surface area contributed by atoms with Crippen LogP contribution in [0.25, 0.3) is 0 Å². The number of hydrogen-bond acceptors (Lipinski definition) is 4. The Morgan fingerprint density at radius 1 is 1.36 bits per heavy atom. The van der Waals surface area contributed by atoms with Crippen molar-refractivity contribution >= 4 is 22.9 Å². The van der Waals surface area contributed by atoms with Crippen LogP contribution in [0, 0.1) is 0 Å². The standard InChI is InChI=1S/C9H9ClN2OS/c10-4-3-8-11-12-9(13-8)6-7-2-1-5-14-7/h1-2,5H,3-4,6H2. The molecule has 0 bridgehead atoms. The van der Waals surface area contributed by atoms with Gasteiger partial charge in [0.1, 0.15) is 0 Å². The van der Waals surface area contributed by atoms with E-state index in [1.165, 1.54) is 4.88 Å². The van der Waals surface area contributed by atoms with Gasteiger partial charge in [-0.1, -0.05) is 6.07 Å². The quantitative estimate of drug-likeness (QED) is 0.755. The van der Waals surface area contributed by atoms with Gasteiger partial charge in [-0.25, -0.2) is 0 Å². The summed E-state index contributed by atoms with van der Waals surface area (Å²) in [6.45, 7) is 0. The zero-order valence-corrected chi connectivity index (χ0v) is 9.01. The van der Waals surface area contributed by atoms with E-state index in [1.807, 2.05) is 11.4 Å². The van der Waals surface area contributed by atoms with Crippen LogP contribution in [-0.4, -0.2) is 16.1 Å². The van der Waals surface area contributed by atoms with E-state index in [0.717, 1.165) is 0 Å². The maximum atomic E-state index is 5.56. The molecule has 0 aliphatic rings. The Hall–Kier alpha value is -0.870. The van der Waals surface area contributed by atoms with Crippen LogP contribution < -0.4 is 0 Å². The van der Waals surface area contributed by atoms with E-state index in [2.05, 4.69) is 16.3 Å². The monoisotopic (exact) mass is 228 g/mol. The van der Waals surface area contributed by atoms with E-state index in [0.29, 0.717) is 30.5 Å². The zero-order chi connectivity index (χ0) is 9.80. The van der Waals surface area contributed by atoms with Crippen LogP contribution in [-0.2, 0) is 12.8 Å². The van der Waals surface area contributed by atoms with E-state index in [-0.39, 0.29) is 0 Å². The molecule has 3 nitrogen and oxygen atoms in total. The third kappa shape index (κ3) is 2.33. The number of alkyl halides is 1. The van der Waals surface area contributed by atoms with E-state index >= 15 is 0 Å². The molecule has 2 aromatic heterocycles. The van der Waals surface area contributed by atoms with Gasteiger partial charge in [-0.05, 0) is 11.4 Å². The fourth-order valence-corrected chi connectivity index (χ4v) is 1.96. The van der Waals surface area contributed by atoms with Gasteiger partial charge in [0.15, 0.2) is 0 Å². The first-order valence-corrected chi connectivity index (χ1v) is 5.69. The van der Waals surface area contributed by atoms with E-state index in [9.17, 15) is 0 Å². The van der Waals surface area contributed by atoms with Crippen LogP contribution in [0.3, 0.4) is 0 Å². The first kappa shape index (κ1) is 9.68. The molecule has 0 fully saturated rings. The Morgan fingerprint density at radius 3 is 2.93 bits per heavy atom. The van der Waals surface area contributed by atoms with Crippen molar-refractivity contribution in [1.29, 1.82) is 0 Å². The summed E-state index contributed by atoms with van der Waals surface area (Å²) in [6, 6.07) is 4.06. The molecule has 0 unspecified atom stereocenters. The maximum absolute atomic E-state index is 5.56. The van der Waals surface area contributed by atoms with Gasteiger partial charge >= 0.3 is 0 Å². The summed E-state index contributed by atoms with van der Waals surface area (Å²) in [5.74, 6) is 1.79. The molecule has 2 heterocycles. The third-order valence-corrected chi connectivity index (χ3v) is 2.79. The lowest BCUT2D eigenvalue weighted by Gasteiger charge is -1.89. The Kier molecular flexibility index (Phi) is 3.16. The fraction of sp³-hybridized carbons (Fsp3) is 0.333. The fourth-order valence-electron chi connectivity index (χ4n) is 1.10.